The average molecular weight is 433 g/mol. The summed E-state index contributed by atoms with van der Waals surface area (Å²) in [5, 5.41) is 4.64. The van der Waals surface area contributed by atoms with Crippen molar-refractivity contribution in [3.63, 3.8) is 0 Å². The molecule has 6 heterocycles. The molecule has 0 aliphatic carbocycles. The number of anilines is 1. The van der Waals surface area contributed by atoms with Gasteiger partial charge in [-0.25, -0.2) is 19.9 Å². The first-order valence-electron chi connectivity index (χ1n) is 10.8. The second kappa shape index (κ2) is 7.97. The number of thioether (sulfide) groups is 1. The van der Waals surface area contributed by atoms with Gasteiger partial charge in [0.15, 0.2) is 17.0 Å². The first-order valence-corrected chi connectivity index (χ1v) is 11.8. The molecule has 4 aromatic heterocycles. The lowest BCUT2D eigenvalue weighted by molar-refractivity contribution is 0.339. The van der Waals surface area contributed by atoms with Crippen LogP contribution in [0.25, 0.3) is 27.1 Å². The predicted octanol–water partition coefficient (Wildman–Crippen LogP) is 3.25. The highest BCUT2D eigenvalue weighted by atomic mass is 32.2. The van der Waals surface area contributed by atoms with Crippen LogP contribution in [0.5, 0.6) is 0 Å². The highest BCUT2D eigenvalue weighted by Gasteiger charge is 2.22. The van der Waals surface area contributed by atoms with Crippen LogP contribution in [0, 0.1) is 5.92 Å². The number of piperidine rings is 1. The van der Waals surface area contributed by atoms with Gasteiger partial charge in [0.2, 0.25) is 0 Å². The fraction of sp³-hybridized carbons (Fsp3) is 0.364. The maximum absolute atomic E-state index is 4.72. The zero-order valence-electron chi connectivity index (χ0n) is 17.2. The Bertz CT molecular complexity index is 1250. The molecule has 0 saturated carbocycles. The van der Waals surface area contributed by atoms with Gasteiger partial charge in [0.25, 0.3) is 0 Å². The second-order valence-corrected chi connectivity index (χ2v) is 9.25. The third-order valence-corrected chi connectivity index (χ3v) is 7.12. The third-order valence-electron chi connectivity index (χ3n) is 6.10. The van der Waals surface area contributed by atoms with E-state index in [9.17, 15) is 0 Å². The number of fused-ring (bicyclic) bond motifs is 2. The molecule has 0 radical (unpaired) electrons. The molecule has 0 bridgehead atoms. The van der Waals surface area contributed by atoms with Gasteiger partial charge in [-0.2, -0.15) is 0 Å². The van der Waals surface area contributed by atoms with Gasteiger partial charge in [0.05, 0.1) is 6.33 Å². The number of pyridine rings is 1. The summed E-state index contributed by atoms with van der Waals surface area (Å²) in [7, 11) is 0. The molecule has 2 aliphatic rings. The molecule has 31 heavy (non-hydrogen) atoms. The number of aromatic amines is 1. The van der Waals surface area contributed by atoms with Crippen LogP contribution in [0.4, 0.5) is 5.82 Å². The van der Waals surface area contributed by atoms with E-state index in [4.69, 9.17) is 4.98 Å². The zero-order valence-corrected chi connectivity index (χ0v) is 18.0. The van der Waals surface area contributed by atoms with Crippen molar-refractivity contribution < 1.29 is 0 Å². The topological polar surface area (TPSA) is 87.6 Å². The first-order chi connectivity index (χ1) is 15.4. The molecule has 1 atom stereocenters. The molecule has 8 nitrogen and oxygen atoms in total. The number of H-pyrrole nitrogens is 1. The van der Waals surface area contributed by atoms with E-state index in [2.05, 4.69) is 53.1 Å². The highest BCUT2D eigenvalue weighted by Crippen LogP contribution is 2.36. The number of imidazole rings is 1. The molecule has 2 N–H and O–H groups in total. The van der Waals surface area contributed by atoms with E-state index in [-0.39, 0.29) is 0 Å². The van der Waals surface area contributed by atoms with Crippen LogP contribution in [0.2, 0.25) is 0 Å². The predicted molar refractivity (Wildman–Crippen MR) is 125 cm³/mol. The highest BCUT2D eigenvalue weighted by molar-refractivity contribution is 8.08. The Labute approximate surface area is 184 Å². The lowest BCUT2D eigenvalue weighted by atomic mass is 10.00. The van der Waals surface area contributed by atoms with Gasteiger partial charge in [0.1, 0.15) is 12.0 Å². The first kappa shape index (κ1) is 18.8. The van der Waals surface area contributed by atoms with Crippen LogP contribution in [0.1, 0.15) is 18.4 Å². The number of aromatic nitrogens is 6. The van der Waals surface area contributed by atoms with Gasteiger partial charge in [-0.1, -0.05) is 0 Å². The summed E-state index contributed by atoms with van der Waals surface area (Å²) < 4.78 is 2.19. The Hall–Kier alpha value is -2.91. The van der Waals surface area contributed by atoms with Crippen LogP contribution in [-0.2, 0) is 6.54 Å². The van der Waals surface area contributed by atoms with Crippen molar-refractivity contribution in [1.29, 1.82) is 0 Å². The fourth-order valence-corrected chi connectivity index (χ4v) is 5.60. The Morgan fingerprint density at radius 1 is 1.16 bits per heavy atom. The van der Waals surface area contributed by atoms with E-state index in [0.29, 0.717) is 5.92 Å². The van der Waals surface area contributed by atoms with Crippen LogP contribution in [-0.4, -0.2) is 54.9 Å². The smallest absolute Gasteiger partial charge is 0.165 e. The molecule has 9 heteroatoms. The number of hydrogen-bond donors (Lipinski definition) is 2. The lowest BCUT2D eigenvalue weighted by Crippen LogP contribution is -2.32. The quantitative estimate of drug-likeness (QED) is 0.512. The van der Waals surface area contributed by atoms with E-state index in [1.54, 1.807) is 6.33 Å². The summed E-state index contributed by atoms with van der Waals surface area (Å²) in [5.41, 5.74) is 3.90. The molecule has 6 rings (SSSR count). The standard InChI is InChI=1S/C22H24N8S/c1-2-15(10-23-5-1)11-30-14-28-19-21(26-13-27-22(19)30)29-8-9-31-18(12-29)16-3-6-24-20-17(16)4-7-25-20/h3-4,6-7,12-15,23H,1-2,5,8-11H2,(H,24,25). The molecule has 1 saturated heterocycles. The molecule has 2 aliphatic heterocycles. The van der Waals surface area contributed by atoms with Gasteiger partial charge >= 0.3 is 0 Å². The second-order valence-electron chi connectivity index (χ2n) is 8.11. The zero-order chi connectivity index (χ0) is 20.6. The number of nitrogens with zero attached hydrogens (tertiary/aromatic N) is 6. The summed E-state index contributed by atoms with van der Waals surface area (Å²) >= 11 is 1.87. The van der Waals surface area contributed by atoms with Crippen LogP contribution in [0.3, 0.4) is 0 Å². The maximum Gasteiger partial charge on any atom is 0.165 e. The van der Waals surface area contributed by atoms with E-state index < -0.39 is 0 Å². The molecule has 0 spiro atoms. The Morgan fingerprint density at radius 3 is 3.10 bits per heavy atom. The Kier molecular flexibility index (Phi) is 4.84. The van der Waals surface area contributed by atoms with Crippen molar-refractivity contribution in [1.82, 2.24) is 34.8 Å². The van der Waals surface area contributed by atoms with Gasteiger partial charge in [-0.05, 0) is 44.0 Å². The van der Waals surface area contributed by atoms with Crippen LogP contribution < -0.4 is 10.2 Å². The number of hydrogen-bond acceptors (Lipinski definition) is 7. The Balaban J connectivity index is 1.35. The summed E-state index contributed by atoms with van der Waals surface area (Å²) in [6, 6.07) is 4.17. The van der Waals surface area contributed by atoms with E-state index in [1.807, 2.05) is 30.5 Å². The van der Waals surface area contributed by atoms with E-state index >= 15 is 0 Å². The summed E-state index contributed by atoms with van der Waals surface area (Å²) in [4.78, 5) is 25.0. The van der Waals surface area contributed by atoms with Crippen molar-refractivity contribution in [3.8, 4) is 0 Å². The maximum atomic E-state index is 4.72. The normalized spacial score (nSPS) is 19.8. The molecule has 1 fully saturated rings. The third kappa shape index (κ3) is 3.47. The van der Waals surface area contributed by atoms with Gasteiger partial charge in [-0.3, -0.25) is 0 Å². The van der Waals surface area contributed by atoms with Gasteiger partial charge < -0.3 is 19.8 Å². The SMILES string of the molecule is C1=C(c2ccnc3[nH]ccc23)SCCN1c1ncnc2c1ncn2CC1CCCNC1. The molecule has 1 unspecified atom stereocenters. The van der Waals surface area contributed by atoms with E-state index in [0.717, 1.165) is 59.9 Å². The molecule has 0 amide bonds. The van der Waals surface area contributed by atoms with Crippen molar-refractivity contribution in [3.05, 3.63) is 48.9 Å². The number of rotatable bonds is 4. The van der Waals surface area contributed by atoms with Crippen molar-refractivity contribution >= 4 is 44.7 Å². The monoisotopic (exact) mass is 432 g/mol. The van der Waals surface area contributed by atoms with Gasteiger partial charge in [0, 0.05) is 53.3 Å². The van der Waals surface area contributed by atoms with Crippen molar-refractivity contribution in [2.45, 2.75) is 19.4 Å². The minimum atomic E-state index is 0.623. The van der Waals surface area contributed by atoms with Crippen LogP contribution >= 0.6 is 11.8 Å². The van der Waals surface area contributed by atoms with Crippen molar-refractivity contribution in [2.24, 2.45) is 5.92 Å². The van der Waals surface area contributed by atoms with Gasteiger partial charge in [-0.15, -0.1) is 11.8 Å². The van der Waals surface area contributed by atoms with Crippen molar-refractivity contribution in [2.75, 3.05) is 30.3 Å². The summed E-state index contributed by atoms with van der Waals surface area (Å²) in [6.45, 7) is 4.02. The minimum Gasteiger partial charge on any atom is -0.346 e. The lowest BCUT2D eigenvalue weighted by Gasteiger charge is -2.26. The average Bonchev–Trinajstić information content (AvgIpc) is 3.47. The largest absolute Gasteiger partial charge is 0.346 e. The van der Waals surface area contributed by atoms with E-state index in [1.165, 1.54) is 23.3 Å². The molecule has 158 valence electrons. The van der Waals surface area contributed by atoms with Crippen LogP contribution in [0.15, 0.2) is 43.4 Å². The summed E-state index contributed by atoms with van der Waals surface area (Å²) in [6.07, 6.45) is 12.1. The molecule has 4 aromatic rings. The summed E-state index contributed by atoms with van der Waals surface area (Å²) in [5.74, 6) is 2.49. The molecule has 0 aromatic carbocycles. The number of nitrogens with one attached hydrogen (secondary N) is 2. The fourth-order valence-electron chi connectivity index (χ4n) is 4.56. The Morgan fingerprint density at radius 2 is 2.16 bits per heavy atom. The minimum absolute atomic E-state index is 0.623. The molecular formula is C22H24N8S. The molecular weight excluding hydrogens is 408 g/mol.